The van der Waals surface area contributed by atoms with E-state index in [9.17, 15) is 18.0 Å². The molecular formula is C13H23F3O2S. The zero-order chi connectivity index (χ0) is 15.1. The second-order valence-electron chi connectivity index (χ2n) is 5.50. The fourth-order valence-corrected chi connectivity index (χ4v) is 2.61. The number of carbonyl (C=O) groups excluding carboxylic acids is 1. The van der Waals surface area contributed by atoms with Gasteiger partial charge in [-0.3, -0.25) is 4.79 Å². The van der Waals surface area contributed by atoms with E-state index in [1.54, 1.807) is 20.8 Å². The van der Waals surface area contributed by atoms with Gasteiger partial charge in [-0.2, -0.15) is 24.9 Å². The van der Waals surface area contributed by atoms with Gasteiger partial charge in [0, 0.05) is 12.2 Å². The van der Waals surface area contributed by atoms with Gasteiger partial charge in [-0.05, 0) is 32.4 Å². The van der Waals surface area contributed by atoms with Gasteiger partial charge >= 0.3 is 12.1 Å². The summed E-state index contributed by atoms with van der Waals surface area (Å²) in [6, 6.07) is 0. The quantitative estimate of drug-likeness (QED) is 0.514. The van der Waals surface area contributed by atoms with Crippen LogP contribution in [-0.4, -0.2) is 29.3 Å². The number of hydrogen-bond donors (Lipinski definition) is 0. The summed E-state index contributed by atoms with van der Waals surface area (Å²) in [7, 11) is 0. The summed E-state index contributed by atoms with van der Waals surface area (Å²) < 4.78 is 41.1. The highest BCUT2D eigenvalue weighted by molar-refractivity contribution is 7.99. The molecule has 0 aromatic carbocycles. The largest absolute Gasteiger partial charge is 0.460 e. The monoisotopic (exact) mass is 300 g/mol. The van der Waals surface area contributed by atoms with E-state index >= 15 is 0 Å². The maximum Gasteiger partial charge on any atom is 0.389 e. The van der Waals surface area contributed by atoms with E-state index in [1.807, 2.05) is 6.92 Å². The van der Waals surface area contributed by atoms with Crippen molar-refractivity contribution in [2.75, 3.05) is 11.5 Å². The van der Waals surface area contributed by atoms with Crippen LogP contribution in [0.4, 0.5) is 13.2 Å². The fourth-order valence-electron chi connectivity index (χ4n) is 1.38. The molecule has 0 spiro atoms. The minimum absolute atomic E-state index is 0.0499. The van der Waals surface area contributed by atoms with E-state index in [1.165, 1.54) is 11.8 Å². The van der Waals surface area contributed by atoms with Gasteiger partial charge in [-0.25, -0.2) is 0 Å². The van der Waals surface area contributed by atoms with Crippen LogP contribution in [0.2, 0.25) is 0 Å². The molecule has 0 rings (SSSR count). The Bertz CT molecular complexity index is 272. The second kappa shape index (κ2) is 8.02. The average Bonchev–Trinajstić information content (AvgIpc) is 2.18. The highest BCUT2D eigenvalue weighted by Gasteiger charge is 2.26. The summed E-state index contributed by atoms with van der Waals surface area (Å²) in [5, 5.41) is 0. The molecule has 1 atom stereocenters. The van der Waals surface area contributed by atoms with E-state index in [4.69, 9.17) is 4.74 Å². The molecule has 0 fully saturated rings. The van der Waals surface area contributed by atoms with Crippen molar-refractivity contribution in [1.82, 2.24) is 0 Å². The van der Waals surface area contributed by atoms with Crippen molar-refractivity contribution < 1.29 is 22.7 Å². The zero-order valence-corrected chi connectivity index (χ0v) is 12.8. The maximum atomic E-state index is 12.0. The number of ether oxygens (including phenoxy) is 1. The lowest BCUT2D eigenvalue weighted by atomic mass is 10.1. The third-order valence-corrected chi connectivity index (χ3v) is 3.54. The van der Waals surface area contributed by atoms with Crippen LogP contribution in [0.3, 0.4) is 0 Å². The molecule has 0 N–H and O–H groups in total. The van der Waals surface area contributed by atoms with E-state index < -0.39 is 18.2 Å². The summed E-state index contributed by atoms with van der Waals surface area (Å²) in [5.74, 6) is 0.406. The first-order valence-electron chi connectivity index (χ1n) is 6.40. The van der Waals surface area contributed by atoms with Gasteiger partial charge in [-0.15, -0.1) is 0 Å². The maximum absolute atomic E-state index is 12.0. The SMILES string of the molecule is CC[C@H](CSCCC(F)(F)F)CC(=O)OC(C)(C)C. The fraction of sp³-hybridized carbons (Fsp3) is 0.923. The molecule has 0 bridgehead atoms. The Hall–Kier alpha value is -0.390. The molecular weight excluding hydrogens is 277 g/mol. The van der Waals surface area contributed by atoms with Crippen LogP contribution in [0.25, 0.3) is 0 Å². The topological polar surface area (TPSA) is 26.3 Å². The molecule has 0 aliphatic rings. The summed E-state index contributed by atoms with van der Waals surface area (Å²) in [4.78, 5) is 11.6. The lowest BCUT2D eigenvalue weighted by Crippen LogP contribution is -2.25. The summed E-state index contributed by atoms with van der Waals surface area (Å²) in [6.07, 6.45) is -3.84. The van der Waals surface area contributed by atoms with Gasteiger partial charge in [0.1, 0.15) is 5.60 Å². The van der Waals surface area contributed by atoms with Crippen molar-refractivity contribution in [3.63, 3.8) is 0 Å². The number of carbonyl (C=O) groups is 1. The van der Waals surface area contributed by atoms with Gasteiger partial charge in [0.05, 0.1) is 6.42 Å². The first kappa shape index (κ1) is 18.6. The van der Waals surface area contributed by atoms with E-state index in [2.05, 4.69) is 0 Å². The molecule has 0 radical (unpaired) electrons. The van der Waals surface area contributed by atoms with Gasteiger partial charge in [0.25, 0.3) is 0 Å². The minimum Gasteiger partial charge on any atom is -0.460 e. The zero-order valence-electron chi connectivity index (χ0n) is 12.0. The molecule has 6 heteroatoms. The van der Waals surface area contributed by atoms with E-state index in [0.717, 1.165) is 6.42 Å². The van der Waals surface area contributed by atoms with Crippen molar-refractivity contribution >= 4 is 17.7 Å². The number of halogens is 3. The molecule has 0 heterocycles. The molecule has 0 aromatic rings. The molecule has 0 aliphatic carbocycles. The number of alkyl halides is 3. The van der Waals surface area contributed by atoms with Crippen LogP contribution in [0.15, 0.2) is 0 Å². The Morgan fingerprint density at radius 1 is 1.26 bits per heavy atom. The molecule has 0 aliphatic heterocycles. The van der Waals surface area contributed by atoms with Crippen molar-refractivity contribution in [3.8, 4) is 0 Å². The lowest BCUT2D eigenvalue weighted by Gasteiger charge is -2.21. The smallest absolute Gasteiger partial charge is 0.389 e. The van der Waals surface area contributed by atoms with Crippen molar-refractivity contribution in [1.29, 1.82) is 0 Å². The normalized spacial score (nSPS) is 14.3. The highest BCUT2D eigenvalue weighted by Crippen LogP contribution is 2.24. The third-order valence-electron chi connectivity index (χ3n) is 2.34. The van der Waals surface area contributed by atoms with Crippen molar-refractivity contribution in [3.05, 3.63) is 0 Å². The van der Waals surface area contributed by atoms with Crippen molar-refractivity contribution in [2.24, 2.45) is 5.92 Å². The Kier molecular flexibility index (Phi) is 7.86. The first-order valence-corrected chi connectivity index (χ1v) is 7.55. The highest BCUT2D eigenvalue weighted by atomic mass is 32.2. The molecule has 0 saturated carbocycles. The Labute approximate surface area is 117 Å². The molecule has 114 valence electrons. The molecule has 0 amide bonds. The first-order chi connectivity index (χ1) is 8.53. The minimum atomic E-state index is -4.10. The van der Waals surface area contributed by atoms with Crippen LogP contribution in [-0.2, 0) is 9.53 Å². The predicted octanol–water partition coefficient (Wildman–Crippen LogP) is 4.43. The molecule has 0 unspecified atom stereocenters. The van der Waals surface area contributed by atoms with Gasteiger partial charge in [0.2, 0.25) is 0 Å². The van der Waals surface area contributed by atoms with Crippen LogP contribution < -0.4 is 0 Å². The summed E-state index contributed by atoms with van der Waals surface area (Å²) in [6.45, 7) is 7.32. The van der Waals surface area contributed by atoms with Gasteiger partial charge < -0.3 is 4.74 Å². The average molecular weight is 300 g/mol. The molecule has 2 nitrogen and oxygen atoms in total. The number of hydrogen-bond acceptors (Lipinski definition) is 3. The molecule has 0 aromatic heterocycles. The number of thioether (sulfide) groups is 1. The number of rotatable bonds is 7. The Morgan fingerprint density at radius 3 is 2.26 bits per heavy atom. The van der Waals surface area contributed by atoms with Crippen molar-refractivity contribution in [2.45, 2.75) is 58.7 Å². The van der Waals surface area contributed by atoms with E-state index in [0.29, 0.717) is 5.75 Å². The lowest BCUT2D eigenvalue weighted by molar-refractivity contribution is -0.155. The Balaban J connectivity index is 3.92. The van der Waals surface area contributed by atoms with Crippen LogP contribution in [0, 0.1) is 5.92 Å². The Morgan fingerprint density at radius 2 is 1.84 bits per heavy atom. The van der Waals surface area contributed by atoms with Crippen LogP contribution in [0.5, 0.6) is 0 Å². The standard InChI is InChI=1S/C13H23F3O2S/c1-5-10(8-11(17)18-12(2,3)4)9-19-7-6-13(14,15)16/h10H,5-9H2,1-4H3/t10-/m0/s1. The number of esters is 1. The second-order valence-corrected chi connectivity index (χ2v) is 6.65. The van der Waals surface area contributed by atoms with E-state index in [-0.39, 0.29) is 24.1 Å². The predicted molar refractivity (Wildman–Crippen MR) is 72.2 cm³/mol. The van der Waals surface area contributed by atoms with Crippen LogP contribution in [0.1, 0.15) is 47.0 Å². The molecule has 19 heavy (non-hydrogen) atoms. The van der Waals surface area contributed by atoms with Gasteiger partial charge in [-0.1, -0.05) is 13.3 Å². The summed E-state index contributed by atoms with van der Waals surface area (Å²) in [5.41, 5.74) is -0.515. The van der Waals surface area contributed by atoms with Gasteiger partial charge in [0.15, 0.2) is 0 Å². The summed E-state index contributed by atoms with van der Waals surface area (Å²) >= 11 is 1.24. The molecule has 0 saturated heterocycles. The van der Waals surface area contributed by atoms with Crippen LogP contribution >= 0.6 is 11.8 Å². The third kappa shape index (κ3) is 12.4.